The summed E-state index contributed by atoms with van der Waals surface area (Å²) >= 11 is 0. The van der Waals surface area contributed by atoms with Gasteiger partial charge in [-0.15, -0.1) is 0 Å². The van der Waals surface area contributed by atoms with Crippen LogP contribution in [0.2, 0.25) is 0 Å². The number of phenolic OH excluding ortho intramolecular Hbond substituents is 1. The van der Waals surface area contributed by atoms with E-state index in [4.69, 9.17) is 24.1 Å². The van der Waals surface area contributed by atoms with Crippen LogP contribution in [0.5, 0.6) is 23.0 Å². The van der Waals surface area contributed by atoms with Crippen LogP contribution in [-0.4, -0.2) is 84.6 Å². The second kappa shape index (κ2) is 24.1. The van der Waals surface area contributed by atoms with Crippen molar-refractivity contribution in [2.45, 2.75) is 66.1 Å². The normalized spacial score (nSPS) is 12.5. The molecular weight excluding hydrogens is 1030 g/mol. The molecule has 10 rings (SSSR count). The molecule has 0 spiro atoms. The number of aliphatic carboxylic acids is 1. The van der Waals surface area contributed by atoms with E-state index in [0.29, 0.717) is 33.0 Å². The number of hydrogen-bond donors (Lipinski definition) is 4. The van der Waals surface area contributed by atoms with Gasteiger partial charge in [-0.25, -0.2) is 18.4 Å². The van der Waals surface area contributed by atoms with Gasteiger partial charge >= 0.3 is 24.1 Å². The van der Waals surface area contributed by atoms with Crippen LogP contribution in [0.3, 0.4) is 0 Å². The third kappa shape index (κ3) is 12.7. The lowest BCUT2D eigenvalue weighted by Crippen LogP contribution is -2.36. The maximum atomic E-state index is 14.3. The lowest BCUT2D eigenvalue weighted by Gasteiger charge is -2.23. The summed E-state index contributed by atoms with van der Waals surface area (Å²) in [5, 5.41) is 24.7. The summed E-state index contributed by atoms with van der Waals surface area (Å²) in [5.74, 6) is -3.50. The number of nitrogens with zero attached hydrogens (tertiary/aromatic N) is 4. The third-order valence-corrected chi connectivity index (χ3v) is 12.4. The molecule has 0 radical (unpaired) electrons. The minimum absolute atomic E-state index is 0. The van der Waals surface area contributed by atoms with Crippen molar-refractivity contribution in [3.8, 4) is 23.0 Å². The molecule has 0 fully saturated rings. The Morgan fingerprint density at radius 2 is 1.06 bits per heavy atom. The van der Waals surface area contributed by atoms with E-state index < -0.39 is 60.6 Å². The molecule has 4 amide bonds. The molecular formula is C60H54F2N6O12. The molecule has 2 aromatic heterocycles. The number of ether oxygens (including phenoxy) is 4. The predicted octanol–water partition coefficient (Wildman–Crippen LogP) is 10.2. The van der Waals surface area contributed by atoms with Crippen LogP contribution in [-0.2, 0) is 40.5 Å². The van der Waals surface area contributed by atoms with E-state index in [1.54, 1.807) is 80.4 Å². The highest BCUT2D eigenvalue weighted by Gasteiger charge is 2.39. The van der Waals surface area contributed by atoms with Gasteiger partial charge < -0.3 is 49.6 Å². The highest BCUT2D eigenvalue weighted by Crippen LogP contribution is 2.47. The zero-order valence-electron chi connectivity index (χ0n) is 42.7. The fourth-order valence-corrected chi connectivity index (χ4v) is 9.07. The fourth-order valence-electron chi connectivity index (χ4n) is 9.07. The standard InChI is InChI=1S/C38H34FN3O6.C21H16FN3O6.CH4/c1-38(2,3)48-30(43)21-41-37(45)47-34-28-15-10-20-40-32(28)35(46-33(25-11-6-4-7-12-25)26-13-8-5-9-14-26)31-29(34)23-42(36(31)44)22-24-16-18-27(39)19-17-24;22-12-5-3-11(4-6-12)9-25-10-14-16(20(25)29)18(28)17-13(2-1-7-23-17)19(14)31-21(30)24-8-15(26)27;/h4-20,33H,21-23H2,1-3H3,(H,41,45);1-7,28H,8-10H2,(H,24,30)(H,26,27);1H4. The Morgan fingerprint density at radius 3 is 1.55 bits per heavy atom. The van der Waals surface area contributed by atoms with E-state index in [2.05, 4.69) is 20.6 Å². The Hall–Kier alpha value is -9.98. The van der Waals surface area contributed by atoms with Gasteiger partial charge in [-0.1, -0.05) is 92.4 Å². The highest BCUT2D eigenvalue weighted by molar-refractivity contribution is 6.10. The van der Waals surface area contributed by atoms with Crippen molar-refractivity contribution in [1.82, 2.24) is 30.4 Å². The SMILES string of the molecule is C.CC(C)(C)OC(=O)CNC(=O)Oc1c2c(c(OC(c3ccccc3)c3ccccc3)c3ncccc13)C(=O)N(Cc1ccc(F)cc1)C2.O=C(O)CNC(=O)Oc1c2c(c(O)c3ncccc13)C(=O)N(Cc1ccc(F)cc1)C2. The number of aromatic nitrogens is 2. The molecule has 2 aliphatic heterocycles. The number of hydrogen-bond acceptors (Lipinski definition) is 13. The summed E-state index contributed by atoms with van der Waals surface area (Å²) < 4.78 is 50.2. The summed E-state index contributed by atoms with van der Waals surface area (Å²) in [6.07, 6.45) is 0.453. The highest BCUT2D eigenvalue weighted by atomic mass is 19.1. The number of aromatic hydroxyl groups is 1. The quantitative estimate of drug-likeness (QED) is 0.0742. The number of fused-ring (bicyclic) bond motifs is 4. The van der Waals surface area contributed by atoms with Crippen LogP contribution in [0.1, 0.15) is 88.4 Å². The number of amides is 4. The van der Waals surface area contributed by atoms with E-state index in [1.807, 2.05) is 60.7 Å². The first-order chi connectivity index (χ1) is 37.9. The Morgan fingerprint density at radius 1 is 0.613 bits per heavy atom. The molecule has 4 N–H and O–H groups in total. The molecule has 0 saturated carbocycles. The van der Waals surface area contributed by atoms with Gasteiger partial charge in [-0.05, 0) is 91.6 Å². The minimum atomic E-state index is -1.25. The Balaban J connectivity index is 0.000000227. The summed E-state index contributed by atoms with van der Waals surface area (Å²) in [6, 6.07) is 37.4. The molecule has 2 aliphatic rings. The van der Waals surface area contributed by atoms with Gasteiger partial charge in [0, 0.05) is 47.4 Å². The monoisotopic (exact) mass is 1090 g/mol. The number of carbonyl (C=O) groups is 6. The van der Waals surface area contributed by atoms with Crippen LogP contribution in [0, 0.1) is 11.6 Å². The van der Waals surface area contributed by atoms with Crippen LogP contribution >= 0.6 is 0 Å². The summed E-state index contributed by atoms with van der Waals surface area (Å²) in [4.78, 5) is 87.2. The van der Waals surface area contributed by atoms with E-state index >= 15 is 0 Å². The van der Waals surface area contributed by atoms with Gasteiger partial charge in [0.1, 0.15) is 59.0 Å². The molecule has 18 nitrogen and oxygen atoms in total. The number of carbonyl (C=O) groups excluding carboxylic acids is 5. The van der Waals surface area contributed by atoms with Crippen molar-refractivity contribution < 1.29 is 66.7 Å². The molecule has 0 unspecified atom stereocenters. The molecule has 0 aliphatic carbocycles. The third-order valence-electron chi connectivity index (χ3n) is 12.4. The number of benzene rings is 6. The van der Waals surface area contributed by atoms with Crippen molar-refractivity contribution in [3.63, 3.8) is 0 Å². The van der Waals surface area contributed by atoms with E-state index in [9.17, 15) is 42.7 Å². The zero-order chi connectivity index (χ0) is 56.0. The van der Waals surface area contributed by atoms with Crippen LogP contribution < -0.4 is 24.8 Å². The molecule has 4 heterocycles. The smallest absolute Gasteiger partial charge is 0.413 e. The van der Waals surface area contributed by atoms with Crippen LogP contribution in [0.25, 0.3) is 21.8 Å². The Kier molecular flexibility index (Phi) is 17.0. The zero-order valence-corrected chi connectivity index (χ0v) is 42.7. The second-order valence-electron chi connectivity index (χ2n) is 19.2. The van der Waals surface area contributed by atoms with Gasteiger partial charge in [0.05, 0.1) is 24.2 Å². The number of esters is 1. The van der Waals surface area contributed by atoms with Crippen molar-refractivity contribution in [3.05, 3.63) is 202 Å². The molecule has 8 aromatic rings. The molecule has 20 heteroatoms. The van der Waals surface area contributed by atoms with E-state index in [0.717, 1.165) is 11.1 Å². The van der Waals surface area contributed by atoms with Gasteiger partial charge in [0.2, 0.25) is 0 Å². The largest absolute Gasteiger partial charge is 0.505 e. The maximum absolute atomic E-state index is 14.3. The number of phenols is 1. The molecule has 80 heavy (non-hydrogen) atoms. The van der Waals surface area contributed by atoms with E-state index in [-0.39, 0.29) is 90.5 Å². The lowest BCUT2D eigenvalue weighted by molar-refractivity contribution is -0.153. The van der Waals surface area contributed by atoms with Crippen molar-refractivity contribution in [1.29, 1.82) is 0 Å². The van der Waals surface area contributed by atoms with E-state index in [1.165, 1.54) is 35.4 Å². The Labute approximate surface area is 457 Å². The summed E-state index contributed by atoms with van der Waals surface area (Å²) in [6.45, 7) is 4.52. The number of rotatable bonds is 14. The van der Waals surface area contributed by atoms with Crippen molar-refractivity contribution >= 4 is 57.7 Å². The summed E-state index contributed by atoms with van der Waals surface area (Å²) in [5.41, 5.74) is 3.61. The number of nitrogens with one attached hydrogen (secondary N) is 2. The number of halogens is 2. The van der Waals surface area contributed by atoms with Gasteiger partial charge in [0.15, 0.2) is 11.5 Å². The average molecular weight is 1090 g/mol. The molecule has 0 bridgehead atoms. The predicted molar refractivity (Wildman–Crippen MR) is 289 cm³/mol. The lowest BCUT2D eigenvalue weighted by atomic mass is 9.99. The summed E-state index contributed by atoms with van der Waals surface area (Å²) in [7, 11) is 0. The van der Waals surface area contributed by atoms with Gasteiger partial charge in [0.25, 0.3) is 11.8 Å². The Bertz CT molecular complexity index is 3600. The van der Waals surface area contributed by atoms with Crippen molar-refractivity contribution in [2.75, 3.05) is 13.1 Å². The first-order valence-corrected chi connectivity index (χ1v) is 24.7. The first-order valence-electron chi connectivity index (χ1n) is 24.7. The van der Waals surface area contributed by atoms with Gasteiger partial charge in [-0.3, -0.25) is 29.1 Å². The number of pyridine rings is 2. The van der Waals surface area contributed by atoms with Crippen LogP contribution in [0.15, 0.2) is 146 Å². The van der Waals surface area contributed by atoms with Gasteiger partial charge in [-0.2, -0.15) is 0 Å². The number of carboxylic acid groups (broad SMARTS) is 1. The van der Waals surface area contributed by atoms with Crippen molar-refractivity contribution in [2.24, 2.45) is 0 Å². The second-order valence-corrected chi connectivity index (χ2v) is 19.2. The topological polar surface area (TPSA) is 236 Å². The van der Waals surface area contributed by atoms with Crippen LogP contribution in [0.4, 0.5) is 18.4 Å². The fraction of sp³-hybridized carbons (Fsp3) is 0.200. The molecule has 0 atom stereocenters. The molecule has 410 valence electrons. The molecule has 6 aromatic carbocycles. The average Bonchev–Trinajstić information content (AvgIpc) is 4.01. The first kappa shape index (κ1) is 56.2. The minimum Gasteiger partial charge on any atom is -0.505 e. The maximum Gasteiger partial charge on any atom is 0.413 e. The molecule has 0 saturated heterocycles. The number of carboxylic acids is 1.